The molecule has 0 N–H and O–H groups in total. The summed E-state index contributed by atoms with van der Waals surface area (Å²) in [5.41, 5.74) is 2.30. The highest BCUT2D eigenvalue weighted by molar-refractivity contribution is 5.98. The fourth-order valence-corrected chi connectivity index (χ4v) is 6.18. The normalized spacial score (nSPS) is 32.8. The minimum Gasteiger partial charge on any atom is -0.496 e. The molecule has 0 unspecified atom stereocenters. The number of imidazole rings is 1. The number of aromatic nitrogens is 2. The average molecular weight is 336 g/mol. The van der Waals surface area contributed by atoms with E-state index in [2.05, 4.69) is 17.1 Å². The molecule has 6 rings (SSSR count). The third kappa shape index (κ3) is 2.34. The molecule has 4 aliphatic carbocycles. The molecule has 4 bridgehead atoms. The zero-order valence-electron chi connectivity index (χ0n) is 14.6. The van der Waals surface area contributed by atoms with Gasteiger partial charge < -0.3 is 4.74 Å². The number of nitrogens with zero attached hydrogens (tertiary/aromatic N) is 2. The Kier molecular flexibility index (Phi) is 3.31. The van der Waals surface area contributed by atoms with Crippen molar-refractivity contribution >= 4 is 5.91 Å². The number of benzene rings is 1. The third-order valence-corrected chi connectivity index (χ3v) is 6.82. The van der Waals surface area contributed by atoms with Crippen molar-refractivity contribution in [3.05, 3.63) is 48.0 Å². The van der Waals surface area contributed by atoms with Crippen molar-refractivity contribution in [1.29, 1.82) is 0 Å². The van der Waals surface area contributed by atoms with Gasteiger partial charge in [-0.3, -0.25) is 9.36 Å². The smallest absolute Gasteiger partial charge is 0.266 e. The summed E-state index contributed by atoms with van der Waals surface area (Å²) < 4.78 is 7.12. The van der Waals surface area contributed by atoms with E-state index in [1.807, 2.05) is 6.07 Å². The predicted octanol–water partition coefficient (Wildman–Crippen LogP) is 4.05. The van der Waals surface area contributed by atoms with Crippen molar-refractivity contribution in [3.8, 4) is 5.75 Å². The highest BCUT2D eigenvalue weighted by Gasteiger charge is 2.51. The van der Waals surface area contributed by atoms with Gasteiger partial charge in [0.25, 0.3) is 5.91 Å². The van der Waals surface area contributed by atoms with Gasteiger partial charge in [-0.2, -0.15) is 0 Å². The van der Waals surface area contributed by atoms with Gasteiger partial charge in [-0.15, -0.1) is 0 Å². The monoisotopic (exact) mass is 336 g/mol. The molecular formula is C21H24N2O2. The summed E-state index contributed by atoms with van der Waals surface area (Å²) in [5.74, 6) is 3.32. The van der Waals surface area contributed by atoms with Crippen LogP contribution in [0.4, 0.5) is 0 Å². The first-order chi connectivity index (χ1) is 12.2. The zero-order valence-corrected chi connectivity index (χ0v) is 14.6. The van der Waals surface area contributed by atoms with Crippen LogP contribution in [0.15, 0.2) is 36.9 Å². The number of ether oxygens (including phenoxy) is 1. The summed E-state index contributed by atoms with van der Waals surface area (Å²) in [4.78, 5) is 16.7. The summed E-state index contributed by atoms with van der Waals surface area (Å²) >= 11 is 0. The Morgan fingerprint density at radius 3 is 2.40 bits per heavy atom. The Morgan fingerprint density at radius 1 is 1.16 bits per heavy atom. The molecule has 0 atom stereocenters. The second kappa shape index (κ2) is 5.45. The van der Waals surface area contributed by atoms with Crippen LogP contribution in [0, 0.1) is 17.8 Å². The first kappa shape index (κ1) is 15.2. The van der Waals surface area contributed by atoms with Crippen LogP contribution in [0.1, 0.15) is 54.4 Å². The summed E-state index contributed by atoms with van der Waals surface area (Å²) in [6.45, 7) is 0. The Bertz CT molecular complexity index is 774. The Balaban J connectivity index is 1.52. The molecule has 130 valence electrons. The molecule has 0 radical (unpaired) electrons. The molecule has 0 amide bonds. The van der Waals surface area contributed by atoms with Gasteiger partial charge in [-0.05, 0) is 79.4 Å². The Labute approximate surface area is 148 Å². The summed E-state index contributed by atoms with van der Waals surface area (Å²) in [5, 5.41) is 0. The lowest BCUT2D eigenvalue weighted by molar-refractivity contribution is -0.00528. The molecular weight excluding hydrogens is 312 g/mol. The maximum Gasteiger partial charge on any atom is 0.266 e. The molecule has 4 nitrogen and oxygen atoms in total. The van der Waals surface area contributed by atoms with Crippen molar-refractivity contribution < 1.29 is 9.53 Å². The van der Waals surface area contributed by atoms with Gasteiger partial charge in [0.15, 0.2) is 0 Å². The Hall–Kier alpha value is -2.10. The van der Waals surface area contributed by atoms with E-state index in [1.165, 1.54) is 55.0 Å². The Morgan fingerprint density at radius 2 is 1.84 bits per heavy atom. The van der Waals surface area contributed by atoms with Gasteiger partial charge in [-0.1, -0.05) is 6.07 Å². The van der Waals surface area contributed by atoms with Crippen molar-refractivity contribution in [3.63, 3.8) is 0 Å². The summed E-state index contributed by atoms with van der Waals surface area (Å²) in [7, 11) is 1.66. The molecule has 2 aromatic rings. The van der Waals surface area contributed by atoms with Gasteiger partial charge in [0.05, 0.1) is 12.7 Å². The van der Waals surface area contributed by atoms with Gasteiger partial charge in [0.1, 0.15) is 12.1 Å². The molecule has 25 heavy (non-hydrogen) atoms. The van der Waals surface area contributed by atoms with Crippen LogP contribution in [0.2, 0.25) is 0 Å². The second-order valence-corrected chi connectivity index (χ2v) is 8.39. The average Bonchev–Trinajstić information content (AvgIpc) is 3.14. The standard InChI is InChI=1S/C21H24N2O2/c1-25-19-9-17(2-3-18(19)20(24)23-5-4-22-13-23)21-10-14-6-15(11-21)8-16(7-14)12-21/h2-5,9,13-16H,6-8,10-12H2,1H3. The van der Waals surface area contributed by atoms with Gasteiger partial charge >= 0.3 is 0 Å². The van der Waals surface area contributed by atoms with E-state index in [-0.39, 0.29) is 5.91 Å². The van der Waals surface area contributed by atoms with E-state index in [1.54, 1.807) is 19.5 Å². The molecule has 0 spiro atoms. The van der Waals surface area contributed by atoms with Gasteiger partial charge in [0.2, 0.25) is 0 Å². The highest BCUT2D eigenvalue weighted by atomic mass is 16.5. The quantitative estimate of drug-likeness (QED) is 0.849. The second-order valence-electron chi connectivity index (χ2n) is 8.39. The van der Waals surface area contributed by atoms with Gasteiger partial charge in [0, 0.05) is 12.4 Å². The van der Waals surface area contributed by atoms with E-state index in [0.29, 0.717) is 16.7 Å². The van der Waals surface area contributed by atoms with Gasteiger partial charge in [-0.25, -0.2) is 4.98 Å². The highest BCUT2D eigenvalue weighted by Crippen LogP contribution is 2.60. The van der Waals surface area contributed by atoms with Crippen molar-refractivity contribution in [1.82, 2.24) is 9.55 Å². The number of rotatable bonds is 3. The maximum atomic E-state index is 12.7. The molecule has 4 fully saturated rings. The molecule has 1 heterocycles. The van der Waals surface area contributed by atoms with Crippen LogP contribution in [-0.4, -0.2) is 22.6 Å². The molecule has 4 saturated carbocycles. The van der Waals surface area contributed by atoms with Crippen LogP contribution in [0.5, 0.6) is 5.75 Å². The predicted molar refractivity (Wildman–Crippen MR) is 94.8 cm³/mol. The maximum absolute atomic E-state index is 12.7. The lowest BCUT2D eigenvalue weighted by atomic mass is 9.48. The SMILES string of the molecule is COc1cc(C23CC4CC(CC(C4)C2)C3)ccc1C(=O)n1ccnc1. The number of carbonyl (C=O) groups excluding carboxylic acids is 1. The summed E-state index contributed by atoms with van der Waals surface area (Å²) in [6.07, 6.45) is 13.1. The number of hydrogen-bond acceptors (Lipinski definition) is 3. The minimum atomic E-state index is -0.0913. The van der Waals surface area contributed by atoms with Crippen LogP contribution < -0.4 is 4.74 Å². The minimum absolute atomic E-state index is 0.0913. The lowest BCUT2D eigenvalue weighted by Crippen LogP contribution is -2.48. The fraction of sp³-hybridized carbons (Fsp3) is 0.524. The van der Waals surface area contributed by atoms with Crippen molar-refractivity contribution in [2.45, 2.75) is 43.9 Å². The van der Waals surface area contributed by atoms with Crippen LogP contribution in [-0.2, 0) is 5.41 Å². The van der Waals surface area contributed by atoms with Crippen LogP contribution in [0.3, 0.4) is 0 Å². The van der Waals surface area contributed by atoms with E-state index in [9.17, 15) is 4.79 Å². The van der Waals surface area contributed by atoms with Crippen molar-refractivity contribution in [2.75, 3.05) is 7.11 Å². The molecule has 4 aliphatic rings. The molecule has 1 aromatic heterocycles. The number of hydrogen-bond donors (Lipinski definition) is 0. The number of methoxy groups -OCH3 is 1. The first-order valence-electron chi connectivity index (χ1n) is 9.38. The van der Waals surface area contributed by atoms with Crippen LogP contribution >= 0.6 is 0 Å². The topological polar surface area (TPSA) is 44.1 Å². The van der Waals surface area contributed by atoms with Crippen molar-refractivity contribution in [2.24, 2.45) is 17.8 Å². The largest absolute Gasteiger partial charge is 0.496 e. The molecule has 0 aliphatic heterocycles. The molecule has 0 saturated heterocycles. The molecule has 4 heteroatoms. The van der Waals surface area contributed by atoms with Crippen LogP contribution in [0.25, 0.3) is 0 Å². The lowest BCUT2D eigenvalue weighted by Gasteiger charge is -2.57. The van der Waals surface area contributed by atoms with E-state index >= 15 is 0 Å². The summed E-state index contributed by atoms with van der Waals surface area (Å²) in [6, 6.07) is 6.27. The fourth-order valence-electron chi connectivity index (χ4n) is 6.18. The van der Waals surface area contributed by atoms with E-state index in [4.69, 9.17) is 4.74 Å². The first-order valence-corrected chi connectivity index (χ1v) is 9.38. The third-order valence-electron chi connectivity index (χ3n) is 6.82. The van der Waals surface area contributed by atoms with E-state index in [0.717, 1.165) is 17.8 Å². The zero-order chi connectivity index (χ0) is 17.0. The van der Waals surface area contributed by atoms with E-state index < -0.39 is 0 Å². The molecule has 1 aromatic carbocycles. The number of carbonyl (C=O) groups is 1.